The minimum Gasteiger partial charge on any atom is -0.352 e. The highest BCUT2D eigenvalue weighted by Gasteiger charge is 2.18. The van der Waals surface area contributed by atoms with E-state index in [1.165, 1.54) is 0 Å². The van der Waals surface area contributed by atoms with Gasteiger partial charge in [-0.1, -0.05) is 0 Å². The maximum absolute atomic E-state index is 12.1. The standard InChI is InChI=1S/C15H17N3OS/c1-10-13(15(19)17-8-11-6-16-7-11)2-3-14(18-10)12-4-5-20-9-12/h2-5,9,11,16H,6-8H2,1H3,(H,17,19). The Hall–Kier alpha value is -1.72. The molecular weight excluding hydrogens is 270 g/mol. The number of nitrogens with zero attached hydrogens (tertiary/aromatic N) is 1. The average Bonchev–Trinajstić information content (AvgIpc) is 2.90. The molecule has 0 radical (unpaired) electrons. The van der Waals surface area contributed by atoms with Crippen molar-refractivity contribution in [1.29, 1.82) is 0 Å². The molecule has 1 aliphatic heterocycles. The highest BCUT2D eigenvalue weighted by Crippen LogP contribution is 2.21. The molecule has 0 aliphatic carbocycles. The number of aryl methyl sites for hydroxylation is 1. The van der Waals surface area contributed by atoms with Gasteiger partial charge in [-0.25, -0.2) is 0 Å². The van der Waals surface area contributed by atoms with Crippen LogP contribution in [-0.4, -0.2) is 30.5 Å². The molecule has 0 saturated carbocycles. The van der Waals surface area contributed by atoms with Gasteiger partial charge in [0.25, 0.3) is 5.91 Å². The number of nitrogens with one attached hydrogen (secondary N) is 2. The van der Waals surface area contributed by atoms with E-state index in [0.717, 1.165) is 36.6 Å². The van der Waals surface area contributed by atoms with Crippen molar-refractivity contribution in [2.45, 2.75) is 6.92 Å². The molecule has 3 rings (SSSR count). The van der Waals surface area contributed by atoms with Gasteiger partial charge in [0, 0.05) is 36.5 Å². The second-order valence-corrected chi connectivity index (χ2v) is 5.86. The van der Waals surface area contributed by atoms with E-state index in [1.54, 1.807) is 11.3 Å². The monoisotopic (exact) mass is 287 g/mol. The second kappa shape index (κ2) is 5.73. The Balaban J connectivity index is 1.71. The molecule has 4 nitrogen and oxygen atoms in total. The molecule has 2 aromatic rings. The average molecular weight is 287 g/mol. The number of thiophene rings is 1. The van der Waals surface area contributed by atoms with Crippen molar-refractivity contribution in [2.24, 2.45) is 5.92 Å². The summed E-state index contributed by atoms with van der Waals surface area (Å²) < 4.78 is 0. The zero-order valence-electron chi connectivity index (χ0n) is 11.3. The van der Waals surface area contributed by atoms with Crippen molar-refractivity contribution in [1.82, 2.24) is 15.6 Å². The van der Waals surface area contributed by atoms with Gasteiger partial charge in [-0.2, -0.15) is 11.3 Å². The molecule has 2 N–H and O–H groups in total. The first kappa shape index (κ1) is 13.3. The first-order valence-electron chi connectivity index (χ1n) is 6.73. The van der Waals surface area contributed by atoms with Gasteiger partial charge in [-0.3, -0.25) is 9.78 Å². The van der Waals surface area contributed by atoms with E-state index in [2.05, 4.69) is 21.0 Å². The van der Waals surface area contributed by atoms with Gasteiger partial charge in [-0.05, 0) is 30.5 Å². The lowest BCUT2D eigenvalue weighted by Gasteiger charge is -2.27. The smallest absolute Gasteiger partial charge is 0.253 e. The first-order chi connectivity index (χ1) is 9.74. The number of amides is 1. The Morgan fingerprint density at radius 1 is 1.45 bits per heavy atom. The molecule has 1 aliphatic rings. The first-order valence-corrected chi connectivity index (χ1v) is 7.67. The fourth-order valence-corrected chi connectivity index (χ4v) is 2.85. The lowest BCUT2D eigenvalue weighted by Crippen LogP contribution is -2.48. The van der Waals surface area contributed by atoms with Crippen molar-refractivity contribution in [3.63, 3.8) is 0 Å². The molecule has 2 aromatic heterocycles. The highest BCUT2D eigenvalue weighted by atomic mass is 32.1. The summed E-state index contributed by atoms with van der Waals surface area (Å²) in [6.45, 7) is 4.61. The Morgan fingerprint density at radius 3 is 2.90 bits per heavy atom. The van der Waals surface area contributed by atoms with Gasteiger partial charge in [0.05, 0.1) is 17.0 Å². The van der Waals surface area contributed by atoms with Crippen LogP contribution in [0.3, 0.4) is 0 Å². The predicted molar refractivity (Wildman–Crippen MR) is 81.0 cm³/mol. The Labute approximate surface area is 122 Å². The van der Waals surface area contributed by atoms with Gasteiger partial charge >= 0.3 is 0 Å². The fourth-order valence-electron chi connectivity index (χ4n) is 2.20. The second-order valence-electron chi connectivity index (χ2n) is 5.08. The largest absolute Gasteiger partial charge is 0.352 e. The topological polar surface area (TPSA) is 54.0 Å². The van der Waals surface area contributed by atoms with Crippen LogP contribution in [-0.2, 0) is 0 Å². The van der Waals surface area contributed by atoms with Gasteiger partial charge in [0.2, 0.25) is 0 Å². The molecule has 5 heteroatoms. The quantitative estimate of drug-likeness (QED) is 0.905. The molecule has 1 amide bonds. The van der Waals surface area contributed by atoms with E-state index in [1.807, 2.05) is 30.5 Å². The van der Waals surface area contributed by atoms with Crippen molar-refractivity contribution in [3.8, 4) is 11.3 Å². The van der Waals surface area contributed by atoms with Crippen LogP contribution >= 0.6 is 11.3 Å². The van der Waals surface area contributed by atoms with E-state index >= 15 is 0 Å². The Morgan fingerprint density at radius 2 is 2.30 bits per heavy atom. The van der Waals surface area contributed by atoms with E-state index in [0.29, 0.717) is 11.5 Å². The van der Waals surface area contributed by atoms with Crippen LogP contribution in [0.25, 0.3) is 11.3 Å². The van der Waals surface area contributed by atoms with Gasteiger partial charge in [-0.15, -0.1) is 0 Å². The summed E-state index contributed by atoms with van der Waals surface area (Å²) in [5, 5.41) is 10.3. The Kier molecular flexibility index (Phi) is 3.80. The van der Waals surface area contributed by atoms with Crippen molar-refractivity contribution >= 4 is 17.2 Å². The number of rotatable bonds is 4. The van der Waals surface area contributed by atoms with Crippen molar-refractivity contribution < 1.29 is 4.79 Å². The summed E-state index contributed by atoms with van der Waals surface area (Å²) in [6, 6.07) is 5.81. The molecule has 104 valence electrons. The van der Waals surface area contributed by atoms with E-state index in [9.17, 15) is 4.79 Å². The zero-order valence-corrected chi connectivity index (χ0v) is 12.2. The van der Waals surface area contributed by atoms with Crippen LogP contribution in [0.15, 0.2) is 29.0 Å². The highest BCUT2D eigenvalue weighted by molar-refractivity contribution is 7.08. The summed E-state index contributed by atoms with van der Waals surface area (Å²) >= 11 is 1.65. The number of carbonyl (C=O) groups excluding carboxylic acids is 1. The fraction of sp³-hybridized carbons (Fsp3) is 0.333. The molecule has 20 heavy (non-hydrogen) atoms. The lowest BCUT2D eigenvalue weighted by atomic mass is 10.0. The number of aromatic nitrogens is 1. The minimum atomic E-state index is -0.0289. The molecular formula is C15H17N3OS. The van der Waals surface area contributed by atoms with E-state index < -0.39 is 0 Å². The summed E-state index contributed by atoms with van der Waals surface area (Å²) in [5.41, 5.74) is 3.46. The van der Waals surface area contributed by atoms with Crippen LogP contribution < -0.4 is 10.6 Å². The SMILES string of the molecule is Cc1nc(-c2ccsc2)ccc1C(=O)NCC1CNC1. The summed E-state index contributed by atoms with van der Waals surface area (Å²) in [4.78, 5) is 16.7. The summed E-state index contributed by atoms with van der Waals surface area (Å²) in [6.07, 6.45) is 0. The number of hydrogen-bond donors (Lipinski definition) is 2. The molecule has 0 spiro atoms. The number of carbonyl (C=O) groups is 1. The van der Waals surface area contributed by atoms with E-state index in [-0.39, 0.29) is 5.91 Å². The third kappa shape index (κ3) is 2.73. The van der Waals surface area contributed by atoms with Crippen LogP contribution in [0.5, 0.6) is 0 Å². The maximum atomic E-state index is 12.1. The molecule has 3 heterocycles. The number of pyridine rings is 1. The van der Waals surface area contributed by atoms with Crippen LogP contribution in [0.1, 0.15) is 16.1 Å². The molecule has 1 fully saturated rings. The van der Waals surface area contributed by atoms with E-state index in [4.69, 9.17) is 0 Å². The molecule has 0 bridgehead atoms. The van der Waals surface area contributed by atoms with Crippen molar-refractivity contribution in [3.05, 3.63) is 40.2 Å². The maximum Gasteiger partial charge on any atom is 0.253 e. The minimum absolute atomic E-state index is 0.0289. The normalized spacial score (nSPS) is 14.8. The van der Waals surface area contributed by atoms with Gasteiger partial charge in [0.15, 0.2) is 0 Å². The van der Waals surface area contributed by atoms with Crippen LogP contribution in [0, 0.1) is 12.8 Å². The van der Waals surface area contributed by atoms with Gasteiger partial charge in [0.1, 0.15) is 0 Å². The van der Waals surface area contributed by atoms with Crippen molar-refractivity contribution in [2.75, 3.05) is 19.6 Å². The third-order valence-electron chi connectivity index (χ3n) is 3.56. The van der Waals surface area contributed by atoms with Crippen LogP contribution in [0.4, 0.5) is 0 Å². The van der Waals surface area contributed by atoms with Crippen LogP contribution in [0.2, 0.25) is 0 Å². The predicted octanol–water partition coefficient (Wildman–Crippen LogP) is 2.07. The Bertz CT molecular complexity index is 606. The zero-order chi connectivity index (χ0) is 13.9. The molecule has 0 atom stereocenters. The lowest BCUT2D eigenvalue weighted by molar-refractivity contribution is 0.0941. The number of hydrogen-bond acceptors (Lipinski definition) is 4. The summed E-state index contributed by atoms with van der Waals surface area (Å²) in [7, 11) is 0. The third-order valence-corrected chi connectivity index (χ3v) is 4.25. The molecule has 0 unspecified atom stereocenters. The molecule has 0 aromatic carbocycles. The summed E-state index contributed by atoms with van der Waals surface area (Å²) in [5.74, 6) is 0.538. The van der Waals surface area contributed by atoms with Gasteiger partial charge < -0.3 is 10.6 Å². The molecule has 1 saturated heterocycles.